The molecule has 0 unspecified atom stereocenters. The molecule has 0 bridgehead atoms. The number of benzene rings is 1. The van der Waals surface area contributed by atoms with Gasteiger partial charge in [-0.3, -0.25) is 4.79 Å². The molecule has 6 heteroatoms. The van der Waals surface area contributed by atoms with Crippen LogP contribution in [0.1, 0.15) is 16.8 Å². The van der Waals surface area contributed by atoms with Gasteiger partial charge >= 0.3 is 0 Å². The quantitative estimate of drug-likeness (QED) is 0.478. The molecule has 0 radical (unpaired) electrons. The van der Waals surface area contributed by atoms with Crippen molar-refractivity contribution >= 4 is 37.1 Å². The number of ketones is 1. The van der Waals surface area contributed by atoms with Crippen LogP contribution in [0.25, 0.3) is 0 Å². The third-order valence-corrected chi connectivity index (χ3v) is 3.34. The van der Waals surface area contributed by atoms with Gasteiger partial charge < -0.3 is 0 Å². The van der Waals surface area contributed by atoms with Gasteiger partial charge in [-0.15, -0.1) is 11.6 Å². The predicted octanol–water partition coefficient (Wildman–Crippen LogP) is 2.43. The third kappa shape index (κ3) is 3.48. The Morgan fingerprint density at radius 1 is 1.20 bits per heavy atom. The molecule has 0 aliphatic carbocycles. The van der Waals surface area contributed by atoms with Crippen LogP contribution in [0.4, 0.5) is 0 Å². The predicted molar refractivity (Wildman–Crippen MR) is 59.1 cm³/mol. The molecule has 3 nitrogen and oxygen atoms in total. The molecule has 0 saturated carbocycles. The van der Waals surface area contributed by atoms with E-state index in [-0.39, 0.29) is 23.0 Å². The van der Waals surface area contributed by atoms with Crippen LogP contribution in [0, 0.1) is 0 Å². The number of halogens is 2. The van der Waals surface area contributed by atoms with Crippen molar-refractivity contribution in [3.8, 4) is 0 Å². The summed E-state index contributed by atoms with van der Waals surface area (Å²) >= 11 is 5.41. The van der Waals surface area contributed by atoms with E-state index in [1.54, 1.807) is 0 Å². The van der Waals surface area contributed by atoms with Gasteiger partial charge in [-0.1, -0.05) is 12.1 Å². The molecule has 1 rings (SSSR count). The monoisotopic (exact) mass is 266 g/mol. The summed E-state index contributed by atoms with van der Waals surface area (Å²) in [6.45, 7) is 0. The van der Waals surface area contributed by atoms with Gasteiger partial charge in [-0.25, -0.2) is 8.42 Å². The van der Waals surface area contributed by atoms with Crippen molar-refractivity contribution < 1.29 is 13.2 Å². The minimum absolute atomic E-state index is 0.0217. The maximum absolute atomic E-state index is 11.3. The van der Waals surface area contributed by atoms with Gasteiger partial charge in [0.25, 0.3) is 9.05 Å². The number of Topliss-reactive ketones (excluding diaryl/α,β-unsaturated/α-hetero) is 1. The molecule has 0 heterocycles. The highest BCUT2D eigenvalue weighted by molar-refractivity contribution is 8.13. The summed E-state index contributed by atoms with van der Waals surface area (Å²) in [5.74, 6) is 0.123. The smallest absolute Gasteiger partial charge is 0.261 e. The molecule has 0 aromatic heterocycles. The Hall–Kier alpha value is -0.580. The Kier molecular flexibility index (Phi) is 4.13. The zero-order valence-corrected chi connectivity index (χ0v) is 9.94. The molecule has 0 aliphatic heterocycles. The number of hydrogen-bond acceptors (Lipinski definition) is 3. The lowest BCUT2D eigenvalue weighted by Gasteiger charge is -1.99. The maximum Gasteiger partial charge on any atom is 0.261 e. The molecular formula is C9H8Cl2O3S. The normalized spacial score (nSPS) is 11.3. The first-order valence-corrected chi connectivity index (χ1v) is 6.93. The molecule has 0 aliphatic rings. The van der Waals surface area contributed by atoms with E-state index in [4.69, 9.17) is 22.3 Å². The van der Waals surface area contributed by atoms with Gasteiger partial charge in [0.15, 0.2) is 5.78 Å². The third-order valence-electron chi connectivity index (χ3n) is 1.78. The Labute approximate surface area is 97.4 Å². The van der Waals surface area contributed by atoms with Crippen molar-refractivity contribution in [3.63, 3.8) is 0 Å². The fraction of sp³-hybridized carbons (Fsp3) is 0.222. The Bertz CT molecular complexity index is 451. The van der Waals surface area contributed by atoms with Crippen molar-refractivity contribution in [1.82, 2.24) is 0 Å². The lowest BCUT2D eigenvalue weighted by Crippen LogP contribution is -2.00. The van der Waals surface area contributed by atoms with Gasteiger partial charge in [0.2, 0.25) is 0 Å². The molecule has 0 N–H and O–H groups in total. The van der Waals surface area contributed by atoms with Crippen LogP contribution >= 0.6 is 22.3 Å². The fourth-order valence-electron chi connectivity index (χ4n) is 1.03. The molecule has 1 aromatic rings. The Balaban J connectivity index is 2.96. The van der Waals surface area contributed by atoms with Crippen molar-refractivity contribution in [2.45, 2.75) is 11.3 Å². The van der Waals surface area contributed by atoms with E-state index < -0.39 is 9.05 Å². The topological polar surface area (TPSA) is 51.2 Å². The average molecular weight is 267 g/mol. The van der Waals surface area contributed by atoms with Crippen LogP contribution in [0.2, 0.25) is 0 Å². The van der Waals surface area contributed by atoms with E-state index in [0.29, 0.717) is 5.56 Å². The number of alkyl halides is 1. The lowest BCUT2D eigenvalue weighted by molar-refractivity contribution is 0.0989. The van der Waals surface area contributed by atoms with Gasteiger partial charge in [0, 0.05) is 28.5 Å². The van der Waals surface area contributed by atoms with Gasteiger partial charge in [-0.2, -0.15) is 0 Å². The largest absolute Gasteiger partial charge is 0.294 e. The van der Waals surface area contributed by atoms with E-state index in [1.807, 2.05) is 0 Å². The van der Waals surface area contributed by atoms with Crippen LogP contribution in [0.3, 0.4) is 0 Å². The standard InChI is InChI=1S/C9H8Cl2O3S/c10-6-5-9(12)7-1-3-8(4-2-7)15(11,13)14/h1-4H,5-6H2. The first kappa shape index (κ1) is 12.5. The summed E-state index contributed by atoms with van der Waals surface area (Å²) in [6, 6.07) is 5.43. The summed E-state index contributed by atoms with van der Waals surface area (Å²) in [7, 11) is 1.40. The summed E-state index contributed by atoms with van der Waals surface area (Å²) in [5.41, 5.74) is 0.430. The summed E-state index contributed by atoms with van der Waals surface area (Å²) in [4.78, 5) is 11.3. The molecular weight excluding hydrogens is 259 g/mol. The minimum Gasteiger partial charge on any atom is -0.294 e. The van der Waals surface area contributed by atoms with Crippen LogP contribution in [0.5, 0.6) is 0 Å². The van der Waals surface area contributed by atoms with Gasteiger partial charge in [0.1, 0.15) is 0 Å². The first-order valence-electron chi connectivity index (χ1n) is 4.09. The van der Waals surface area contributed by atoms with Crippen LogP contribution in [0.15, 0.2) is 29.2 Å². The second-order valence-corrected chi connectivity index (χ2v) is 5.77. The number of hydrogen-bond donors (Lipinski definition) is 0. The lowest BCUT2D eigenvalue weighted by atomic mass is 10.1. The fourth-order valence-corrected chi connectivity index (χ4v) is 1.97. The van der Waals surface area contributed by atoms with Crippen LogP contribution in [-0.4, -0.2) is 20.1 Å². The highest BCUT2D eigenvalue weighted by Crippen LogP contribution is 2.16. The Morgan fingerprint density at radius 3 is 2.13 bits per heavy atom. The van der Waals surface area contributed by atoms with Crippen molar-refractivity contribution in [3.05, 3.63) is 29.8 Å². The van der Waals surface area contributed by atoms with Gasteiger partial charge in [-0.05, 0) is 12.1 Å². The number of carbonyl (C=O) groups is 1. The van der Waals surface area contributed by atoms with Gasteiger partial charge in [0.05, 0.1) is 4.90 Å². The summed E-state index contributed by atoms with van der Waals surface area (Å²) < 4.78 is 21.8. The maximum atomic E-state index is 11.3. The van der Waals surface area contributed by atoms with E-state index in [1.165, 1.54) is 24.3 Å². The molecule has 0 saturated heterocycles. The highest BCUT2D eigenvalue weighted by Gasteiger charge is 2.11. The highest BCUT2D eigenvalue weighted by atomic mass is 35.7. The van der Waals surface area contributed by atoms with Crippen molar-refractivity contribution in [2.24, 2.45) is 0 Å². The average Bonchev–Trinajstić information content (AvgIpc) is 2.17. The van der Waals surface area contributed by atoms with E-state index in [2.05, 4.69) is 0 Å². The van der Waals surface area contributed by atoms with Crippen molar-refractivity contribution in [1.29, 1.82) is 0 Å². The molecule has 0 fully saturated rings. The summed E-state index contributed by atoms with van der Waals surface area (Å²) in [5, 5.41) is 0. The molecule has 1 aromatic carbocycles. The first-order chi connectivity index (χ1) is 6.95. The SMILES string of the molecule is O=C(CCCl)c1ccc(S(=O)(=O)Cl)cc1. The number of carbonyl (C=O) groups excluding carboxylic acids is 1. The zero-order chi connectivity index (χ0) is 11.5. The van der Waals surface area contributed by atoms with Crippen LogP contribution in [-0.2, 0) is 9.05 Å². The van der Waals surface area contributed by atoms with E-state index in [0.717, 1.165) is 0 Å². The molecule has 82 valence electrons. The van der Waals surface area contributed by atoms with E-state index >= 15 is 0 Å². The summed E-state index contributed by atoms with van der Waals surface area (Å²) in [6.07, 6.45) is 0.231. The Morgan fingerprint density at radius 2 is 1.73 bits per heavy atom. The second-order valence-electron chi connectivity index (χ2n) is 2.82. The van der Waals surface area contributed by atoms with Crippen LogP contribution < -0.4 is 0 Å². The van der Waals surface area contributed by atoms with E-state index in [9.17, 15) is 13.2 Å². The zero-order valence-electron chi connectivity index (χ0n) is 7.61. The minimum atomic E-state index is -3.72. The molecule has 15 heavy (non-hydrogen) atoms. The van der Waals surface area contributed by atoms with Crippen molar-refractivity contribution in [2.75, 3.05) is 5.88 Å². The number of rotatable bonds is 4. The molecule has 0 atom stereocenters. The molecule has 0 amide bonds. The molecule has 0 spiro atoms. The second kappa shape index (κ2) is 4.96.